The van der Waals surface area contributed by atoms with E-state index in [0.717, 1.165) is 35.7 Å². The number of fused-ring (bicyclic) bond motifs is 1. The lowest BCUT2D eigenvalue weighted by atomic mass is 10.0. The van der Waals surface area contributed by atoms with Gasteiger partial charge in [0.15, 0.2) is 9.84 Å². The fourth-order valence-electron chi connectivity index (χ4n) is 2.27. The lowest BCUT2D eigenvalue weighted by Gasteiger charge is -2.07. The summed E-state index contributed by atoms with van der Waals surface area (Å²) in [6.07, 6.45) is 4.69. The highest BCUT2D eigenvalue weighted by molar-refractivity contribution is 7.91. The normalized spacial score (nSPS) is 13.8. The number of aryl methyl sites for hydroxylation is 1. The number of aromatic nitrogens is 1. The molecule has 0 saturated carbocycles. The summed E-state index contributed by atoms with van der Waals surface area (Å²) in [4.78, 5) is 3.59. The van der Waals surface area contributed by atoms with E-state index in [2.05, 4.69) is 11.9 Å². The summed E-state index contributed by atoms with van der Waals surface area (Å²) in [7, 11) is -3.16. The molecule has 1 unspecified atom stereocenters. The lowest BCUT2D eigenvalue weighted by molar-refractivity contribution is 0.596. The molecule has 0 radical (unpaired) electrons. The number of H-pyrrole nitrogens is 1. The number of nitrogens with two attached hydrogens (primary N) is 1. The van der Waals surface area contributed by atoms with Gasteiger partial charge in [0.2, 0.25) is 0 Å². The van der Waals surface area contributed by atoms with Crippen molar-refractivity contribution in [2.45, 2.75) is 44.0 Å². The van der Waals surface area contributed by atoms with Crippen molar-refractivity contribution >= 4 is 20.7 Å². The third-order valence-corrected chi connectivity index (χ3v) is 5.52. The summed E-state index contributed by atoms with van der Waals surface area (Å²) in [5, 5.41) is 0.989. The van der Waals surface area contributed by atoms with E-state index in [1.807, 2.05) is 12.3 Å². The average molecular weight is 294 g/mol. The molecule has 1 aromatic carbocycles. The Bertz CT molecular complexity index is 689. The second-order valence-electron chi connectivity index (χ2n) is 5.13. The highest BCUT2D eigenvalue weighted by Crippen LogP contribution is 2.24. The predicted molar refractivity (Wildman–Crippen MR) is 82.6 cm³/mol. The van der Waals surface area contributed by atoms with Gasteiger partial charge in [0, 0.05) is 23.1 Å². The molecule has 2 aromatic rings. The first-order valence-corrected chi connectivity index (χ1v) is 8.71. The summed E-state index contributed by atoms with van der Waals surface area (Å²) in [6.45, 7) is 3.74. The van der Waals surface area contributed by atoms with Gasteiger partial charge in [-0.3, -0.25) is 0 Å². The van der Waals surface area contributed by atoms with Gasteiger partial charge in [0.1, 0.15) is 0 Å². The first-order chi connectivity index (χ1) is 9.47. The molecule has 4 nitrogen and oxygen atoms in total. The van der Waals surface area contributed by atoms with E-state index in [9.17, 15) is 8.42 Å². The molecule has 5 heteroatoms. The topological polar surface area (TPSA) is 76.0 Å². The minimum atomic E-state index is -3.16. The molecule has 1 heterocycles. The standard InChI is InChI=1S/C15H22N2O2S/c1-3-12(16)6-5-11-10-17-15-8-7-13(9-14(11)15)20(18,19)4-2/h7-10,12,17H,3-6,16H2,1-2H3. The molecule has 0 saturated heterocycles. The number of nitrogens with one attached hydrogen (secondary N) is 1. The van der Waals surface area contributed by atoms with Gasteiger partial charge in [-0.15, -0.1) is 0 Å². The minimum absolute atomic E-state index is 0.124. The molecule has 0 fully saturated rings. The van der Waals surface area contributed by atoms with Crippen LogP contribution in [0.3, 0.4) is 0 Å². The molecular formula is C15H22N2O2S. The van der Waals surface area contributed by atoms with E-state index in [-0.39, 0.29) is 11.8 Å². The van der Waals surface area contributed by atoms with E-state index in [1.54, 1.807) is 19.1 Å². The van der Waals surface area contributed by atoms with E-state index >= 15 is 0 Å². The van der Waals surface area contributed by atoms with Crippen LogP contribution >= 0.6 is 0 Å². The molecule has 20 heavy (non-hydrogen) atoms. The number of rotatable bonds is 6. The molecular weight excluding hydrogens is 272 g/mol. The molecule has 0 spiro atoms. The maximum atomic E-state index is 12.0. The van der Waals surface area contributed by atoms with Crippen LogP contribution in [0.1, 0.15) is 32.3 Å². The summed E-state index contributed by atoms with van der Waals surface area (Å²) in [5.74, 6) is 0.124. The van der Waals surface area contributed by atoms with Crippen LogP contribution in [0, 0.1) is 0 Å². The zero-order valence-corrected chi connectivity index (χ0v) is 12.8. The largest absolute Gasteiger partial charge is 0.361 e. The fraction of sp³-hybridized carbons (Fsp3) is 0.467. The van der Waals surface area contributed by atoms with Gasteiger partial charge < -0.3 is 10.7 Å². The zero-order valence-electron chi connectivity index (χ0n) is 12.0. The van der Waals surface area contributed by atoms with Crippen molar-refractivity contribution < 1.29 is 8.42 Å². The van der Waals surface area contributed by atoms with E-state index in [1.165, 1.54) is 0 Å². The molecule has 2 rings (SSSR count). The Kier molecular flexibility index (Phi) is 4.50. The molecule has 110 valence electrons. The number of benzene rings is 1. The first kappa shape index (κ1) is 15.1. The summed E-state index contributed by atoms with van der Waals surface area (Å²) >= 11 is 0. The van der Waals surface area contributed by atoms with Crippen molar-refractivity contribution in [2.24, 2.45) is 5.73 Å². The Morgan fingerprint density at radius 2 is 2.05 bits per heavy atom. The van der Waals surface area contributed by atoms with Gasteiger partial charge in [0.05, 0.1) is 10.6 Å². The van der Waals surface area contributed by atoms with Crippen LogP contribution in [-0.2, 0) is 16.3 Å². The Balaban J connectivity index is 2.35. The maximum Gasteiger partial charge on any atom is 0.178 e. The number of hydrogen-bond acceptors (Lipinski definition) is 3. The molecule has 1 aromatic heterocycles. The Morgan fingerprint density at radius 3 is 2.70 bits per heavy atom. The summed E-state index contributed by atoms with van der Waals surface area (Å²) in [5.41, 5.74) is 8.06. The van der Waals surface area contributed by atoms with Crippen molar-refractivity contribution in [2.75, 3.05) is 5.75 Å². The Hall–Kier alpha value is -1.33. The lowest BCUT2D eigenvalue weighted by Crippen LogP contribution is -2.18. The van der Waals surface area contributed by atoms with Crippen molar-refractivity contribution in [1.82, 2.24) is 4.98 Å². The quantitative estimate of drug-likeness (QED) is 0.860. The van der Waals surface area contributed by atoms with Crippen molar-refractivity contribution in [1.29, 1.82) is 0 Å². The molecule has 0 aliphatic rings. The smallest absolute Gasteiger partial charge is 0.178 e. The van der Waals surface area contributed by atoms with E-state index in [0.29, 0.717) is 4.90 Å². The Morgan fingerprint density at radius 1 is 1.30 bits per heavy atom. The third kappa shape index (κ3) is 3.04. The minimum Gasteiger partial charge on any atom is -0.361 e. The van der Waals surface area contributed by atoms with Crippen LogP contribution in [-0.4, -0.2) is 25.2 Å². The number of hydrogen-bond donors (Lipinski definition) is 2. The van der Waals surface area contributed by atoms with Gasteiger partial charge in [0.25, 0.3) is 0 Å². The van der Waals surface area contributed by atoms with Crippen LogP contribution in [0.5, 0.6) is 0 Å². The molecule has 0 aliphatic heterocycles. The monoisotopic (exact) mass is 294 g/mol. The predicted octanol–water partition coefficient (Wildman–Crippen LogP) is 2.63. The van der Waals surface area contributed by atoms with Crippen LogP contribution in [0.2, 0.25) is 0 Å². The van der Waals surface area contributed by atoms with Crippen LogP contribution in [0.4, 0.5) is 0 Å². The highest BCUT2D eigenvalue weighted by atomic mass is 32.2. The molecule has 3 N–H and O–H groups in total. The van der Waals surface area contributed by atoms with Crippen molar-refractivity contribution in [3.63, 3.8) is 0 Å². The molecule has 0 aliphatic carbocycles. The van der Waals surface area contributed by atoms with Gasteiger partial charge in [-0.2, -0.15) is 0 Å². The van der Waals surface area contributed by atoms with Crippen LogP contribution in [0.25, 0.3) is 10.9 Å². The zero-order chi connectivity index (χ0) is 14.8. The van der Waals surface area contributed by atoms with Gasteiger partial charge >= 0.3 is 0 Å². The number of aromatic amines is 1. The van der Waals surface area contributed by atoms with Crippen molar-refractivity contribution in [3.8, 4) is 0 Å². The molecule has 0 amide bonds. The number of sulfone groups is 1. The van der Waals surface area contributed by atoms with Gasteiger partial charge in [-0.1, -0.05) is 13.8 Å². The SMILES string of the molecule is CCC(N)CCc1c[nH]c2ccc(S(=O)(=O)CC)cc12. The summed E-state index contributed by atoms with van der Waals surface area (Å²) < 4.78 is 23.9. The second kappa shape index (κ2) is 5.97. The highest BCUT2D eigenvalue weighted by Gasteiger charge is 2.14. The third-order valence-electron chi connectivity index (χ3n) is 3.79. The maximum absolute atomic E-state index is 12.0. The first-order valence-electron chi connectivity index (χ1n) is 7.06. The molecule has 0 bridgehead atoms. The fourth-order valence-corrected chi connectivity index (χ4v) is 3.18. The van der Waals surface area contributed by atoms with E-state index < -0.39 is 9.84 Å². The summed E-state index contributed by atoms with van der Waals surface area (Å²) in [6, 6.07) is 5.47. The van der Waals surface area contributed by atoms with Crippen LogP contribution in [0.15, 0.2) is 29.3 Å². The second-order valence-corrected chi connectivity index (χ2v) is 7.41. The molecule has 1 atom stereocenters. The average Bonchev–Trinajstić information content (AvgIpc) is 2.87. The van der Waals surface area contributed by atoms with Crippen molar-refractivity contribution in [3.05, 3.63) is 30.0 Å². The Labute approximate surface area is 120 Å². The van der Waals surface area contributed by atoms with Gasteiger partial charge in [-0.25, -0.2) is 8.42 Å². The van der Waals surface area contributed by atoms with Gasteiger partial charge in [-0.05, 0) is 43.0 Å². The van der Waals surface area contributed by atoms with E-state index in [4.69, 9.17) is 5.73 Å². The van der Waals surface area contributed by atoms with Crippen LogP contribution < -0.4 is 5.73 Å².